The Labute approximate surface area is 152 Å². The van der Waals surface area contributed by atoms with E-state index in [0.29, 0.717) is 29.0 Å². The van der Waals surface area contributed by atoms with E-state index in [2.05, 4.69) is 6.08 Å². The molecule has 0 aliphatic carbocycles. The van der Waals surface area contributed by atoms with Crippen LogP contribution in [0.2, 0.25) is 0 Å². The Hall–Kier alpha value is -2.95. The zero-order valence-electron chi connectivity index (χ0n) is 15.1. The van der Waals surface area contributed by atoms with Gasteiger partial charge >= 0.3 is 0 Å². The second-order valence-electron chi connectivity index (χ2n) is 6.62. The third-order valence-corrected chi connectivity index (χ3v) is 4.41. The molecule has 1 aliphatic rings. The largest absolute Gasteiger partial charge is 0.508 e. The number of hydrogen-bond donors (Lipinski definition) is 2. The molecule has 136 valence electrons. The zero-order chi connectivity index (χ0) is 18.8. The van der Waals surface area contributed by atoms with Crippen molar-refractivity contribution in [2.75, 3.05) is 7.11 Å². The van der Waals surface area contributed by atoms with Crippen LogP contribution in [-0.2, 0) is 6.42 Å². The van der Waals surface area contributed by atoms with E-state index in [-0.39, 0.29) is 23.7 Å². The molecule has 0 aromatic heterocycles. The number of fused-ring (bicyclic) bond motifs is 1. The summed E-state index contributed by atoms with van der Waals surface area (Å²) < 4.78 is 11.4. The molecule has 2 aromatic rings. The third kappa shape index (κ3) is 3.52. The van der Waals surface area contributed by atoms with Crippen LogP contribution in [0.4, 0.5) is 0 Å². The van der Waals surface area contributed by atoms with Gasteiger partial charge in [0.15, 0.2) is 5.78 Å². The number of ether oxygens (including phenoxy) is 2. The third-order valence-electron chi connectivity index (χ3n) is 4.41. The number of carbonyl (C=O) groups is 1. The first-order valence-corrected chi connectivity index (χ1v) is 8.45. The standard InChI is InChI=1S/C21H22O5/c1-12(2)4-5-13-8-16-18(24)10-20(26-21(16)11-19(13)25-3)15-7-6-14(22)9-17(15)23/h4,6-9,11,20,22-23H,5,10H2,1-3H3. The van der Waals surface area contributed by atoms with Gasteiger partial charge in [-0.15, -0.1) is 0 Å². The normalized spacial score (nSPS) is 15.8. The van der Waals surface area contributed by atoms with E-state index in [0.717, 1.165) is 5.56 Å². The van der Waals surface area contributed by atoms with Gasteiger partial charge in [-0.2, -0.15) is 0 Å². The first-order chi connectivity index (χ1) is 12.4. The SMILES string of the molecule is COc1cc2c(cc1CC=C(C)C)C(=O)CC(c1ccc(O)cc1O)O2. The lowest BCUT2D eigenvalue weighted by molar-refractivity contribution is 0.0846. The maximum absolute atomic E-state index is 12.7. The Morgan fingerprint density at radius 1 is 1.27 bits per heavy atom. The van der Waals surface area contributed by atoms with Crippen molar-refractivity contribution in [2.24, 2.45) is 0 Å². The molecule has 0 fully saturated rings. The second kappa shape index (κ2) is 7.12. The first kappa shape index (κ1) is 17.9. The van der Waals surface area contributed by atoms with E-state index in [1.165, 1.54) is 17.7 Å². The Kier molecular flexibility index (Phi) is 4.89. The molecule has 1 aliphatic heterocycles. The maximum Gasteiger partial charge on any atom is 0.170 e. The fourth-order valence-corrected chi connectivity index (χ4v) is 3.04. The molecule has 1 heterocycles. The number of phenols is 2. The van der Waals surface area contributed by atoms with E-state index >= 15 is 0 Å². The van der Waals surface area contributed by atoms with Crippen molar-refractivity contribution in [2.45, 2.75) is 32.8 Å². The summed E-state index contributed by atoms with van der Waals surface area (Å²) in [7, 11) is 1.58. The van der Waals surface area contributed by atoms with Gasteiger partial charge in [0.05, 0.1) is 19.1 Å². The molecule has 0 saturated carbocycles. The minimum Gasteiger partial charge on any atom is -0.508 e. The van der Waals surface area contributed by atoms with Crippen LogP contribution < -0.4 is 9.47 Å². The van der Waals surface area contributed by atoms with E-state index < -0.39 is 6.10 Å². The van der Waals surface area contributed by atoms with Crippen LogP contribution in [0.1, 0.15) is 47.9 Å². The van der Waals surface area contributed by atoms with Gasteiger partial charge in [-0.3, -0.25) is 4.79 Å². The molecule has 5 nitrogen and oxygen atoms in total. The Bertz CT molecular complexity index is 878. The fourth-order valence-electron chi connectivity index (χ4n) is 3.04. The molecule has 0 spiro atoms. The molecule has 0 saturated heterocycles. The lowest BCUT2D eigenvalue weighted by Crippen LogP contribution is -2.21. The second-order valence-corrected chi connectivity index (χ2v) is 6.62. The molecule has 1 unspecified atom stereocenters. The molecule has 0 bridgehead atoms. The monoisotopic (exact) mass is 354 g/mol. The number of allylic oxidation sites excluding steroid dienone is 2. The summed E-state index contributed by atoms with van der Waals surface area (Å²) in [6.07, 6.45) is 2.27. The van der Waals surface area contributed by atoms with Crippen LogP contribution in [0.3, 0.4) is 0 Å². The molecular formula is C21H22O5. The van der Waals surface area contributed by atoms with Crippen LogP contribution in [0.5, 0.6) is 23.0 Å². The lowest BCUT2D eigenvalue weighted by atomic mass is 9.93. The molecular weight excluding hydrogens is 332 g/mol. The number of rotatable bonds is 4. The number of benzene rings is 2. The highest BCUT2D eigenvalue weighted by Gasteiger charge is 2.30. The van der Waals surface area contributed by atoms with Crippen molar-refractivity contribution in [1.82, 2.24) is 0 Å². The molecule has 1 atom stereocenters. The molecule has 0 radical (unpaired) electrons. The summed E-state index contributed by atoms with van der Waals surface area (Å²) in [4.78, 5) is 12.7. The van der Waals surface area contributed by atoms with E-state index in [1.54, 1.807) is 19.2 Å². The van der Waals surface area contributed by atoms with Crippen LogP contribution in [0.15, 0.2) is 42.0 Å². The summed E-state index contributed by atoms with van der Waals surface area (Å²) in [6.45, 7) is 4.04. The van der Waals surface area contributed by atoms with E-state index in [4.69, 9.17) is 9.47 Å². The predicted octanol–water partition coefficient (Wildman–Crippen LogP) is 4.32. The van der Waals surface area contributed by atoms with Crippen LogP contribution in [-0.4, -0.2) is 23.1 Å². The molecule has 2 N–H and O–H groups in total. The quantitative estimate of drug-likeness (QED) is 0.800. The summed E-state index contributed by atoms with van der Waals surface area (Å²) in [6, 6.07) is 7.81. The highest BCUT2D eigenvalue weighted by Crippen LogP contribution is 2.41. The molecule has 3 rings (SSSR count). The number of carbonyl (C=O) groups excluding carboxylic acids is 1. The van der Waals surface area contributed by atoms with Gasteiger partial charge in [0.1, 0.15) is 29.1 Å². The van der Waals surface area contributed by atoms with Crippen LogP contribution in [0, 0.1) is 0 Å². The fraction of sp³-hybridized carbons (Fsp3) is 0.286. The van der Waals surface area contributed by atoms with Crippen molar-refractivity contribution in [1.29, 1.82) is 0 Å². The summed E-state index contributed by atoms with van der Waals surface area (Å²) >= 11 is 0. The number of ketones is 1. The van der Waals surface area contributed by atoms with Crippen molar-refractivity contribution in [3.8, 4) is 23.0 Å². The average molecular weight is 354 g/mol. The van der Waals surface area contributed by atoms with Crippen molar-refractivity contribution < 1.29 is 24.5 Å². The van der Waals surface area contributed by atoms with Crippen molar-refractivity contribution >= 4 is 5.78 Å². The Balaban J connectivity index is 1.97. The smallest absolute Gasteiger partial charge is 0.170 e. The highest BCUT2D eigenvalue weighted by atomic mass is 16.5. The molecule has 2 aromatic carbocycles. The van der Waals surface area contributed by atoms with Crippen LogP contribution in [0.25, 0.3) is 0 Å². The predicted molar refractivity (Wildman–Crippen MR) is 98.2 cm³/mol. The Morgan fingerprint density at radius 3 is 2.69 bits per heavy atom. The van der Waals surface area contributed by atoms with E-state index in [9.17, 15) is 15.0 Å². The number of Topliss-reactive ketones (excluding diaryl/α,β-unsaturated/α-hetero) is 1. The summed E-state index contributed by atoms with van der Waals surface area (Å²) in [5, 5.41) is 19.5. The van der Waals surface area contributed by atoms with Gasteiger partial charge in [-0.05, 0) is 44.0 Å². The van der Waals surface area contributed by atoms with E-state index in [1.807, 2.05) is 19.9 Å². The molecule has 0 amide bonds. The van der Waals surface area contributed by atoms with Gasteiger partial charge in [-0.1, -0.05) is 11.6 Å². The topological polar surface area (TPSA) is 76.0 Å². The van der Waals surface area contributed by atoms with Gasteiger partial charge in [-0.25, -0.2) is 0 Å². The maximum atomic E-state index is 12.7. The number of hydrogen-bond acceptors (Lipinski definition) is 5. The van der Waals surface area contributed by atoms with Gasteiger partial charge < -0.3 is 19.7 Å². The Morgan fingerprint density at radius 2 is 2.04 bits per heavy atom. The molecule has 26 heavy (non-hydrogen) atoms. The van der Waals surface area contributed by atoms with Crippen molar-refractivity contribution in [3.05, 3.63) is 58.7 Å². The van der Waals surface area contributed by atoms with Gasteiger partial charge in [0.2, 0.25) is 0 Å². The average Bonchev–Trinajstić information content (AvgIpc) is 2.59. The lowest BCUT2D eigenvalue weighted by Gasteiger charge is -2.27. The first-order valence-electron chi connectivity index (χ1n) is 8.45. The highest BCUT2D eigenvalue weighted by molar-refractivity contribution is 6.00. The zero-order valence-corrected chi connectivity index (χ0v) is 15.1. The summed E-state index contributed by atoms with van der Waals surface area (Å²) in [5.41, 5.74) is 3.11. The number of methoxy groups -OCH3 is 1. The van der Waals surface area contributed by atoms with Gasteiger partial charge in [0, 0.05) is 17.7 Å². The van der Waals surface area contributed by atoms with Crippen LogP contribution >= 0.6 is 0 Å². The van der Waals surface area contributed by atoms with Crippen molar-refractivity contribution in [3.63, 3.8) is 0 Å². The number of aromatic hydroxyl groups is 2. The minimum absolute atomic E-state index is 0.0423. The summed E-state index contributed by atoms with van der Waals surface area (Å²) in [5.74, 6) is 0.906. The number of phenolic OH excluding ortho intramolecular Hbond substituents is 2. The minimum atomic E-state index is -0.607. The van der Waals surface area contributed by atoms with Gasteiger partial charge in [0.25, 0.3) is 0 Å². The molecule has 5 heteroatoms.